The molecular weight excluding hydrogens is 228 g/mol. The zero-order valence-electron chi connectivity index (χ0n) is 9.93. The van der Waals surface area contributed by atoms with Crippen molar-refractivity contribution < 1.29 is 9.53 Å². The standard InChI is InChI=1S/C14H12N2O2/c1-2-18-14(17)13-11-4-3-9-7-15-6-5-10(9)12(11)8-16-13/h3-8,16H,2H2,1H3. The van der Waals surface area contributed by atoms with Crippen molar-refractivity contribution in [3.8, 4) is 0 Å². The lowest BCUT2D eigenvalue weighted by atomic mass is 10.1. The average molecular weight is 240 g/mol. The van der Waals surface area contributed by atoms with E-state index in [0.29, 0.717) is 12.3 Å². The summed E-state index contributed by atoms with van der Waals surface area (Å²) in [4.78, 5) is 18.9. The Morgan fingerprint density at radius 3 is 3.00 bits per heavy atom. The molecule has 0 spiro atoms. The van der Waals surface area contributed by atoms with Crippen LogP contribution in [0.3, 0.4) is 0 Å². The van der Waals surface area contributed by atoms with Gasteiger partial charge in [-0.15, -0.1) is 0 Å². The Balaban J connectivity index is 2.26. The molecule has 4 heteroatoms. The van der Waals surface area contributed by atoms with Crippen molar-refractivity contribution in [1.82, 2.24) is 9.97 Å². The number of pyridine rings is 1. The van der Waals surface area contributed by atoms with Gasteiger partial charge in [-0.2, -0.15) is 0 Å². The normalized spacial score (nSPS) is 10.9. The molecule has 0 saturated heterocycles. The second kappa shape index (κ2) is 4.14. The van der Waals surface area contributed by atoms with Crippen LogP contribution in [0.2, 0.25) is 0 Å². The third-order valence-corrected chi connectivity index (χ3v) is 2.97. The molecule has 0 unspecified atom stereocenters. The first-order valence-electron chi connectivity index (χ1n) is 5.82. The highest BCUT2D eigenvalue weighted by Gasteiger charge is 2.14. The number of rotatable bonds is 2. The maximum atomic E-state index is 11.8. The van der Waals surface area contributed by atoms with Crippen molar-refractivity contribution in [2.24, 2.45) is 0 Å². The predicted molar refractivity (Wildman–Crippen MR) is 69.6 cm³/mol. The largest absolute Gasteiger partial charge is 0.461 e. The van der Waals surface area contributed by atoms with Crippen LogP contribution in [0.5, 0.6) is 0 Å². The number of aromatic amines is 1. The van der Waals surface area contributed by atoms with E-state index in [1.165, 1.54) is 0 Å². The Morgan fingerprint density at radius 1 is 1.28 bits per heavy atom. The topological polar surface area (TPSA) is 55.0 Å². The fourth-order valence-corrected chi connectivity index (χ4v) is 2.16. The molecule has 18 heavy (non-hydrogen) atoms. The van der Waals surface area contributed by atoms with E-state index >= 15 is 0 Å². The molecule has 0 bridgehead atoms. The first kappa shape index (κ1) is 10.8. The molecule has 0 aliphatic heterocycles. The zero-order chi connectivity index (χ0) is 12.5. The molecule has 0 saturated carbocycles. The quantitative estimate of drug-likeness (QED) is 0.701. The summed E-state index contributed by atoms with van der Waals surface area (Å²) in [6.07, 6.45) is 5.40. The van der Waals surface area contributed by atoms with Gasteiger partial charge in [0, 0.05) is 34.7 Å². The highest BCUT2D eigenvalue weighted by Crippen LogP contribution is 2.27. The van der Waals surface area contributed by atoms with E-state index in [1.807, 2.05) is 30.6 Å². The number of hydrogen-bond donors (Lipinski definition) is 1. The molecular formula is C14H12N2O2. The number of carbonyl (C=O) groups is 1. The predicted octanol–water partition coefficient (Wildman–Crippen LogP) is 2.89. The molecule has 0 aliphatic carbocycles. The van der Waals surface area contributed by atoms with Gasteiger partial charge in [0.1, 0.15) is 5.69 Å². The van der Waals surface area contributed by atoms with Gasteiger partial charge in [0.05, 0.1) is 6.61 Å². The highest BCUT2D eigenvalue weighted by molar-refractivity contribution is 6.13. The van der Waals surface area contributed by atoms with Crippen LogP contribution in [0.15, 0.2) is 36.8 Å². The van der Waals surface area contributed by atoms with E-state index in [9.17, 15) is 4.79 Å². The third-order valence-electron chi connectivity index (χ3n) is 2.97. The minimum Gasteiger partial charge on any atom is -0.461 e. The van der Waals surface area contributed by atoms with Crippen molar-refractivity contribution in [3.05, 3.63) is 42.5 Å². The number of ether oxygens (including phenoxy) is 1. The number of aromatic nitrogens is 2. The summed E-state index contributed by atoms with van der Waals surface area (Å²) in [5.41, 5.74) is 0.505. The van der Waals surface area contributed by atoms with Crippen LogP contribution < -0.4 is 0 Å². The lowest BCUT2D eigenvalue weighted by Gasteiger charge is -2.01. The maximum Gasteiger partial charge on any atom is 0.355 e. The van der Waals surface area contributed by atoms with Gasteiger partial charge in [0.2, 0.25) is 0 Å². The van der Waals surface area contributed by atoms with E-state index in [0.717, 1.165) is 21.5 Å². The molecule has 1 N–H and O–H groups in total. The van der Waals surface area contributed by atoms with Crippen molar-refractivity contribution >= 4 is 27.5 Å². The molecule has 0 radical (unpaired) electrons. The van der Waals surface area contributed by atoms with E-state index in [2.05, 4.69) is 9.97 Å². The molecule has 90 valence electrons. The van der Waals surface area contributed by atoms with Crippen LogP contribution in [0.1, 0.15) is 17.4 Å². The van der Waals surface area contributed by atoms with Crippen LogP contribution in [-0.4, -0.2) is 22.5 Å². The summed E-state index contributed by atoms with van der Waals surface area (Å²) in [7, 11) is 0. The molecule has 0 amide bonds. The lowest BCUT2D eigenvalue weighted by molar-refractivity contribution is 0.0522. The van der Waals surface area contributed by atoms with Crippen molar-refractivity contribution in [1.29, 1.82) is 0 Å². The fraction of sp³-hybridized carbons (Fsp3) is 0.143. The summed E-state index contributed by atoms with van der Waals surface area (Å²) in [5, 5.41) is 4.03. The molecule has 2 aromatic heterocycles. The van der Waals surface area contributed by atoms with E-state index in [4.69, 9.17) is 4.74 Å². The molecule has 4 nitrogen and oxygen atoms in total. The number of benzene rings is 1. The smallest absolute Gasteiger partial charge is 0.355 e. The van der Waals surface area contributed by atoms with Crippen LogP contribution in [0.4, 0.5) is 0 Å². The minimum absolute atomic E-state index is 0.319. The Kier molecular flexibility index (Phi) is 2.48. The van der Waals surface area contributed by atoms with Crippen LogP contribution in [0, 0.1) is 0 Å². The van der Waals surface area contributed by atoms with Gasteiger partial charge in [0.15, 0.2) is 0 Å². The molecule has 0 aliphatic rings. The number of H-pyrrole nitrogens is 1. The number of esters is 1. The Hall–Kier alpha value is -2.36. The molecule has 0 fully saturated rings. The van der Waals surface area contributed by atoms with Crippen LogP contribution >= 0.6 is 0 Å². The van der Waals surface area contributed by atoms with Gasteiger partial charge >= 0.3 is 5.97 Å². The summed E-state index contributed by atoms with van der Waals surface area (Å²) in [6, 6.07) is 5.82. The van der Waals surface area contributed by atoms with Crippen molar-refractivity contribution in [3.63, 3.8) is 0 Å². The first-order valence-corrected chi connectivity index (χ1v) is 5.82. The Bertz CT molecular complexity index is 731. The molecule has 1 aromatic carbocycles. The highest BCUT2D eigenvalue weighted by atomic mass is 16.5. The monoisotopic (exact) mass is 240 g/mol. The van der Waals surface area contributed by atoms with Crippen LogP contribution in [-0.2, 0) is 4.74 Å². The molecule has 2 heterocycles. The van der Waals surface area contributed by atoms with Crippen molar-refractivity contribution in [2.45, 2.75) is 6.92 Å². The summed E-state index contributed by atoms with van der Waals surface area (Å²) in [5.74, 6) is -0.319. The second-order valence-electron chi connectivity index (χ2n) is 4.01. The molecule has 0 atom stereocenters. The number of nitrogens with one attached hydrogen (secondary N) is 1. The van der Waals surface area contributed by atoms with Gasteiger partial charge in [-0.25, -0.2) is 4.79 Å². The van der Waals surface area contributed by atoms with Gasteiger partial charge in [-0.05, 0) is 18.4 Å². The van der Waals surface area contributed by atoms with E-state index < -0.39 is 0 Å². The first-order chi connectivity index (χ1) is 8.81. The van der Waals surface area contributed by atoms with Gasteiger partial charge in [-0.1, -0.05) is 12.1 Å². The lowest BCUT2D eigenvalue weighted by Crippen LogP contribution is -2.05. The third kappa shape index (κ3) is 1.54. The Labute approximate surface area is 104 Å². The second-order valence-corrected chi connectivity index (χ2v) is 4.01. The molecule has 3 rings (SSSR count). The molecule has 3 aromatic rings. The van der Waals surface area contributed by atoms with Gasteiger partial charge in [-0.3, -0.25) is 4.98 Å². The van der Waals surface area contributed by atoms with Crippen LogP contribution in [0.25, 0.3) is 21.5 Å². The average Bonchev–Trinajstić information content (AvgIpc) is 2.83. The fourth-order valence-electron chi connectivity index (χ4n) is 2.16. The Morgan fingerprint density at radius 2 is 2.17 bits per heavy atom. The maximum absolute atomic E-state index is 11.8. The number of hydrogen-bond acceptors (Lipinski definition) is 3. The summed E-state index contributed by atoms with van der Waals surface area (Å²) < 4.78 is 5.02. The number of nitrogens with zero attached hydrogens (tertiary/aromatic N) is 1. The van der Waals surface area contributed by atoms with Gasteiger partial charge < -0.3 is 9.72 Å². The van der Waals surface area contributed by atoms with E-state index in [-0.39, 0.29) is 5.97 Å². The SMILES string of the molecule is CCOC(=O)c1[nH]cc2c1ccc1cnccc12. The number of fused-ring (bicyclic) bond motifs is 3. The summed E-state index contributed by atoms with van der Waals surface area (Å²) in [6.45, 7) is 2.17. The van der Waals surface area contributed by atoms with E-state index in [1.54, 1.807) is 13.1 Å². The minimum atomic E-state index is -0.319. The summed E-state index contributed by atoms with van der Waals surface area (Å²) >= 11 is 0. The number of carbonyl (C=O) groups excluding carboxylic acids is 1. The van der Waals surface area contributed by atoms with Gasteiger partial charge in [0.25, 0.3) is 0 Å². The zero-order valence-corrected chi connectivity index (χ0v) is 9.93. The van der Waals surface area contributed by atoms with Crippen molar-refractivity contribution in [2.75, 3.05) is 6.61 Å².